The number of carbonyl (C=O) groups is 1. The first-order valence-corrected chi connectivity index (χ1v) is 9.42. The van der Waals surface area contributed by atoms with E-state index in [0.29, 0.717) is 29.6 Å². The van der Waals surface area contributed by atoms with Gasteiger partial charge in [-0.3, -0.25) is 9.36 Å². The summed E-state index contributed by atoms with van der Waals surface area (Å²) in [5.41, 5.74) is 0.576. The number of carbonyl (C=O) groups excluding carboxylic acids is 1. The average Bonchev–Trinajstić information content (AvgIpc) is 2.76. The molecule has 0 N–H and O–H groups in total. The van der Waals surface area contributed by atoms with Crippen molar-refractivity contribution >= 4 is 27.6 Å². The maximum atomic E-state index is 12.4. The molecule has 0 amide bonds. The summed E-state index contributed by atoms with van der Waals surface area (Å²) in [4.78, 5) is 28.6. The topological polar surface area (TPSA) is 70.4 Å². The van der Waals surface area contributed by atoms with Gasteiger partial charge in [-0.1, -0.05) is 42.5 Å². The standard InChI is InChI=1S/C23H20N2O4/c26-22(15-29-19-11-10-17-6-1-2-7-18(17)14-19)28-13-5-12-25-16-24-21-9-4-3-8-20(21)23(25)27/h1-4,6-11,14,16H,5,12-13,15H2. The Balaban J connectivity index is 1.25. The van der Waals surface area contributed by atoms with E-state index in [2.05, 4.69) is 4.98 Å². The van der Waals surface area contributed by atoms with Crippen molar-refractivity contribution in [2.24, 2.45) is 0 Å². The SMILES string of the molecule is O=C(COc1ccc2ccccc2c1)OCCCn1cnc2ccccc2c1=O. The largest absolute Gasteiger partial charge is 0.482 e. The highest BCUT2D eigenvalue weighted by atomic mass is 16.6. The summed E-state index contributed by atoms with van der Waals surface area (Å²) in [6.45, 7) is 0.477. The van der Waals surface area contributed by atoms with Crippen molar-refractivity contribution in [3.63, 3.8) is 0 Å². The molecule has 6 heteroatoms. The number of hydrogen-bond acceptors (Lipinski definition) is 5. The summed E-state index contributed by atoms with van der Waals surface area (Å²) in [7, 11) is 0. The highest BCUT2D eigenvalue weighted by Crippen LogP contribution is 2.20. The van der Waals surface area contributed by atoms with E-state index >= 15 is 0 Å². The van der Waals surface area contributed by atoms with Crippen LogP contribution in [0.1, 0.15) is 6.42 Å². The van der Waals surface area contributed by atoms with Gasteiger partial charge in [0, 0.05) is 6.54 Å². The van der Waals surface area contributed by atoms with Gasteiger partial charge in [-0.05, 0) is 41.5 Å². The van der Waals surface area contributed by atoms with Crippen molar-refractivity contribution in [1.29, 1.82) is 0 Å². The molecule has 0 spiro atoms. The van der Waals surface area contributed by atoms with Gasteiger partial charge in [0.05, 0.1) is 23.8 Å². The molecule has 4 rings (SSSR count). The Labute approximate surface area is 167 Å². The van der Waals surface area contributed by atoms with Crippen molar-refractivity contribution in [1.82, 2.24) is 9.55 Å². The first-order chi connectivity index (χ1) is 14.2. The van der Waals surface area contributed by atoms with Gasteiger partial charge in [0.2, 0.25) is 0 Å². The molecule has 3 aromatic carbocycles. The lowest BCUT2D eigenvalue weighted by Gasteiger charge is -2.09. The zero-order chi connectivity index (χ0) is 20.1. The van der Waals surface area contributed by atoms with Crippen molar-refractivity contribution in [2.45, 2.75) is 13.0 Å². The molecule has 1 aromatic heterocycles. The van der Waals surface area contributed by atoms with Gasteiger partial charge in [0.15, 0.2) is 6.61 Å². The maximum Gasteiger partial charge on any atom is 0.344 e. The van der Waals surface area contributed by atoms with Gasteiger partial charge in [-0.25, -0.2) is 9.78 Å². The van der Waals surface area contributed by atoms with Crippen LogP contribution in [-0.4, -0.2) is 28.7 Å². The third-order valence-electron chi connectivity index (χ3n) is 4.62. The fraction of sp³-hybridized carbons (Fsp3) is 0.174. The molecule has 0 radical (unpaired) electrons. The summed E-state index contributed by atoms with van der Waals surface area (Å²) >= 11 is 0. The molecule has 6 nitrogen and oxygen atoms in total. The minimum atomic E-state index is -0.442. The van der Waals surface area contributed by atoms with Gasteiger partial charge in [-0.15, -0.1) is 0 Å². The number of para-hydroxylation sites is 1. The molecule has 0 unspecified atom stereocenters. The fourth-order valence-electron chi connectivity index (χ4n) is 3.13. The Hall–Kier alpha value is -3.67. The second-order valence-electron chi connectivity index (χ2n) is 6.63. The molecule has 0 aliphatic carbocycles. The first kappa shape index (κ1) is 18.7. The molecule has 0 aliphatic rings. The van der Waals surface area contributed by atoms with E-state index in [1.807, 2.05) is 54.6 Å². The molecule has 1 heterocycles. The Morgan fingerprint density at radius 2 is 1.76 bits per heavy atom. The van der Waals surface area contributed by atoms with Crippen LogP contribution in [0.2, 0.25) is 0 Å². The number of nitrogens with zero attached hydrogens (tertiary/aromatic N) is 2. The van der Waals surface area contributed by atoms with Crippen molar-refractivity contribution in [2.75, 3.05) is 13.2 Å². The van der Waals surface area contributed by atoms with Crippen LogP contribution >= 0.6 is 0 Å². The lowest BCUT2D eigenvalue weighted by molar-refractivity contribution is -0.146. The van der Waals surface area contributed by atoms with Gasteiger partial charge in [-0.2, -0.15) is 0 Å². The number of hydrogen-bond donors (Lipinski definition) is 0. The molecule has 4 aromatic rings. The van der Waals surface area contributed by atoms with Crippen molar-refractivity contribution in [3.05, 3.63) is 83.4 Å². The number of rotatable bonds is 7. The van der Waals surface area contributed by atoms with Gasteiger partial charge < -0.3 is 9.47 Å². The van der Waals surface area contributed by atoms with Crippen LogP contribution < -0.4 is 10.3 Å². The van der Waals surface area contributed by atoms with E-state index < -0.39 is 5.97 Å². The number of benzene rings is 3. The Kier molecular flexibility index (Phi) is 5.52. The van der Waals surface area contributed by atoms with Crippen LogP contribution in [0.4, 0.5) is 0 Å². The molecule has 0 bridgehead atoms. The van der Waals surface area contributed by atoms with Crippen LogP contribution in [0.25, 0.3) is 21.7 Å². The highest BCUT2D eigenvalue weighted by Gasteiger charge is 2.06. The first-order valence-electron chi connectivity index (χ1n) is 9.42. The van der Waals surface area contributed by atoms with Crippen molar-refractivity contribution < 1.29 is 14.3 Å². The summed E-state index contributed by atoms with van der Waals surface area (Å²) in [6, 6.07) is 20.8. The number of aromatic nitrogens is 2. The number of aryl methyl sites for hydroxylation is 1. The molecule has 0 aliphatic heterocycles. The lowest BCUT2D eigenvalue weighted by atomic mass is 10.1. The van der Waals surface area contributed by atoms with Crippen LogP contribution in [0.15, 0.2) is 77.9 Å². The van der Waals surface area contributed by atoms with E-state index in [1.165, 1.54) is 10.9 Å². The van der Waals surface area contributed by atoms with E-state index in [0.717, 1.165) is 10.8 Å². The molecular weight excluding hydrogens is 368 g/mol. The second kappa shape index (κ2) is 8.56. The molecule has 0 saturated carbocycles. The fourth-order valence-corrected chi connectivity index (χ4v) is 3.13. The Bertz CT molecular complexity index is 1220. The van der Waals surface area contributed by atoms with E-state index in [1.54, 1.807) is 12.1 Å². The molecule has 0 saturated heterocycles. The minimum Gasteiger partial charge on any atom is -0.482 e. The third kappa shape index (κ3) is 4.43. The van der Waals surface area contributed by atoms with Crippen LogP contribution in [0.3, 0.4) is 0 Å². The Morgan fingerprint density at radius 3 is 2.66 bits per heavy atom. The lowest BCUT2D eigenvalue weighted by Crippen LogP contribution is -2.22. The second-order valence-corrected chi connectivity index (χ2v) is 6.63. The van der Waals surface area contributed by atoms with Gasteiger partial charge >= 0.3 is 5.97 Å². The smallest absolute Gasteiger partial charge is 0.344 e. The molecule has 29 heavy (non-hydrogen) atoms. The monoisotopic (exact) mass is 388 g/mol. The summed E-state index contributed by atoms with van der Waals surface area (Å²) in [5, 5.41) is 2.74. The minimum absolute atomic E-state index is 0.0958. The van der Waals surface area contributed by atoms with Gasteiger partial charge in [0.1, 0.15) is 5.75 Å². The van der Waals surface area contributed by atoms with Crippen LogP contribution in [0, 0.1) is 0 Å². The molecule has 0 fully saturated rings. The van der Waals surface area contributed by atoms with Gasteiger partial charge in [0.25, 0.3) is 5.56 Å². The third-order valence-corrected chi connectivity index (χ3v) is 4.62. The van der Waals surface area contributed by atoms with E-state index in [-0.39, 0.29) is 18.8 Å². The Morgan fingerprint density at radius 1 is 0.966 bits per heavy atom. The number of fused-ring (bicyclic) bond motifs is 2. The van der Waals surface area contributed by atoms with E-state index in [4.69, 9.17) is 9.47 Å². The molecule has 0 atom stereocenters. The predicted molar refractivity (Wildman–Crippen MR) is 111 cm³/mol. The zero-order valence-corrected chi connectivity index (χ0v) is 15.8. The highest BCUT2D eigenvalue weighted by molar-refractivity contribution is 5.83. The molecular formula is C23H20N2O4. The maximum absolute atomic E-state index is 12.4. The van der Waals surface area contributed by atoms with Crippen LogP contribution in [-0.2, 0) is 16.1 Å². The normalized spacial score (nSPS) is 10.9. The molecule has 146 valence electrons. The number of ether oxygens (including phenoxy) is 2. The summed E-state index contributed by atoms with van der Waals surface area (Å²) in [5.74, 6) is 0.177. The average molecular weight is 388 g/mol. The quantitative estimate of drug-likeness (QED) is 0.358. The summed E-state index contributed by atoms with van der Waals surface area (Å²) < 4.78 is 12.2. The van der Waals surface area contributed by atoms with E-state index in [9.17, 15) is 9.59 Å². The van der Waals surface area contributed by atoms with Crippen molar-refractivity contribution in [3.8, 4) is 5.75 Å². The number of esters is 1. The summed E-state index contributed by atoms with van der Waals surface area (Å²) in [6.07, 6.45) is 2.04. The predicted octanol–water partition coefficient (Wildman–Crippen LogP) is 3.56. The van der Waals surface area contributed by atoms with Crippen LogP contribution in [0.5, 0.6) is 5.75 Å². The zero-order valence-electron chi connectivity index (χ0n) is 15.8.